The van der Waals surface area contributed by atoms with Gasteiger partial charge in [-0.3, -0.25) is 4.98 Å². The van der Waals surface area contributed by atoms with Crippen molar-refractivity contribution >= 4 is 34.8 Å². The van der Waals surface area contributed by atoms with Gasteiger partial charge in [0.2, 0.25) is 0 Å². The van der Waals surface area contributed by atoms with E-state index >= 15 is 0 Å². The van der Waals surface area contributed by atoms with E-state index in [1.54, 1.807) is 18.5 Å². The van der Waals surface area contributed by atoms with Gasteiger partial charge in [-0.25, -0.2) is 10.8 Å². The van der Waals surface area contributed by atoms with Crippen molar-refractivity contribution in [1.29, 1.82) is 0 Å². The number of nitrogens with one attached hydrogen (secondary N) is 2. The van der Waals surface area contributed by atoms with Crippen LogP contribution in [0.25, 0.3) is 0 Å². The highest BCUT2D eigenvalue weighted by Crippen LogP contribution is 2.28. The minimum Gasteiger partial charge on any atom is -0.365 e. The normalized spacial score (nSPS) is 10.2. The Hall–Kier alpha value is -1.56. The lowest BCUT2D eigenvalue weighted by Crippen LogP contribution is -2.11. The number of anilines is 2. The standard InChI is InChI=1S/C11H11Cl2N5/c12-8-4-9(13)11(18-14)17-10(8)16-6-7-2-1-3-15-5-7/h1-5H,6,14H2,(H2,16,17,18). The molecule has 0 aromatic carbocycles. The molecule has 2 rings (SSSR count). The van der Waals surface area contributed by atoms with Crippen LogP contribution in [-0.4, -0.2) is 9.97 Å². The van der Waals surface area contributed by atoms with Crippen LogP contribution in [0.15, 0.2) is 30.6 Å². The minimum atomic E-state index is 0.370. The van der Waals surface area contributed by atoms with Crippen LogP contribution in [0.1, 0.15) is 5.56 Å². The Morgan fingerprint density at radius 3 is 2.67 bits per heavy atom. The lowest BCUT2D eigenvalue weighted by molar-refractivity contribution is 1.08. The molecule has 4 N–H and O–H groups in total. The van der Waals surface area contributed by atoms with Crippen molar-refractivity contribution in [3.63, 3.8) is 0 Å². The van der Waals surface area contributed by atoms with Gasteiger partial charge in [0.05, 0.1) is 10.0 Å². The smallest absolute Gasteiger partial charge is 0.161 e. The van der Waals surface area contributed by atoms with Crippen LogP contribution >= 0.6 is 23.2 Å². The first-order valence-electron chi connectivity index (χ1n) is 5.16. The Balaban J connectivity index is 2.14. The maximum absolute atomic E-state index is 6.03. The molecule has 0 unspecified atom stereocenters. The van der Waals surface area contributed by atoms with E-state index in [0.717, 1.165) is 5.56 Å². The fraction of sp³-hybridized carbons (Fsp3) is 0.0909. The molecular weight excluding hydrogens is 273 g/mol. The molecule has 2 aromatic rings. The quantitative estimate of drug-likeness (QED) is 0.594. The van der Waals surface area contributed by atoms with Gasteiger partial charge in [0.15, 0.2) is 5.82 Å². The van der Waals surface area contributed by atoms with Crippen molar-refractivity contribution in [1.82, 2.24) is 9.97 Å². The van der Waals surface area contributed by atoms with Gasteiger partial charge in [-0.15, -0.1) is 0 Å². The molecule has 0 saturated carbocycles. The Labute approximate surface area is 114 Å². The molecule has 0 aliphatic rings. The molecule has 0 spiro atoms. The summed E-state index contributed by atoms with van der Waals surface area (Å²) in [5.74, 6) is 6.18. The lowest BCUT2D eigenvalue weighted by Gasteiger charge is -2.10. The van der Waals surface area contributed by atoms with E-state index in [4.69, 9.17) is 29.0 Å². The number of hydrogen-bond acceptors (Lipinski definition) is 5. The molecule has 0 aliphatic carbocycles. The Morgan fingerprint density at radius 1 is 1.22 bits per heavy atom. The fourth-order valence-electron chi connectivity index (χ4n) is 1.38. The van der Waals surface area contributed by atoms with Crippen LogP contribution in [-0.2, 0) is 6.54 Å². The van der Waals surface area contributed by atoms with Crippen molar-refractivity contribution in [3.05, 3.63) is 46.2 Å². The van der Waals surface area contributed by atoms with Crippen LogP contribution in [0.4, 0.5) is 11.6 Å². The van der Waals surface area contributed by atoms with E-state index < -0.39 is 0 Å². The third-order valence-corrected chi connectivity index (χ3v) is 2.83. The number of rotatable bonds is 4. The number of pyridine rings is 2. The van der Waals surface area contributed by atoms with Crippen LogP contribution < -0.4 is 16.6 Å². The first-order chi connectivity index (χ1) is 8.70. The number of nitrogens with two attached hydrogens (primary N) is 1. The number of nitrogens with zero attached hydrogens (tertiary/aromatic N) is 2. The summed E-state index contributed by atoms with van der Waals surface area (Å²) < 4.78 is 0. The lowest BCUT2D eigenvalue weighted by atomic mass is 10.3. The van der Waals surface area contributed by atoms with Crippen LogP contribution in [0.5, 0.6) is 0 Å². The highest BCUT2D eigenvalue weighted by molar-refractivity contribution is 6.37. The first kappa shape index (κ1) is 12.9. The van der Waals surface area contributed by atoms with Crippen molar-refractivity contribution in [3.8, 4) is 0 Å². The van der Waals surface area contributed by atoms with Gasteiger partial charge in [-0.05, 0) is 17.7 Å². The Bertz CT molecular complexity index is 532. The third-order valence-electron chi connectivity index (χ3n) is 2.25. The fourth-order valence-corrected chi connectivity index (χ4v) is 1.86. The van der Waals surface area contributed by atoms with Crippen molar-refractivity contribution in [2.45, 2.75) is 6.54 Å². The summed E-state index contributed by atoms with van der Waals surface area (Å²) in [6.07, 6.45) is 3.48. The van der Waals surface area contributed by atoms with Crippen LogP contribution in [0, 0.1) is 0 Å². The highest BCUT2D eigenvalue weighted by atomic mass is 35.5. The molecule has 94 valence electrons. The summed E-state index contributed by atoms with van der Waals surface area (Å²) in [5, 5.41) is 3.90. The molecule has 0 fully saturated rings. The average molecular weight is 284 g/mol. The summed E-state index contributed by atoms with van der Waals surface area (Å²) in [5.41, 5.74) is 3.43. The molecule has 5 nitrogen and oxygen atoms in total. The molecule has 0 amide bonds. The summed E-state index contributed by atoms with van der Waals surface area (Å²) in [6.45, 7) is 0.562. The first-order valence-corrected chi connectivity index (χ1v) is 5.91. The van der Waals surface area contributed by atoms with Gasteiger partial charge < -0.3 is 10.7 Å². The number of halogens is 2. The van der Waals surface area contributed by atoms with Gasteiger partial charge in [-0.2, -0.15) is 0 Å². The molecular formula is C11H11Cl2N5. The zero-order valence-corrected chi connectivity index (χ0v) is 10.8. The molecule has 0 radical (unpaired) electrons. The highest BCUT2D eigenvalue weighted by Gasteiger charge is 2.08. The molecule has 2 aromatic heterocycles. The molecule has 0 saturated heterocycles. The summed E-state index contributed by atoms with van der Waals surface area (Å²) in [7, 11) is 0. The van der Waals surface area contributed by atoms with Crippen LogP contribution in [0.3, 0.4) is 0 Å². The number of nitrogen functional groups attached to an aromatic ring is 1. The monoisotopic (exact) mass is 283 g/mol. The van der Waals surface area contributed by atoms with E-state index in [2.05, 4.69) is 20.7 Å². The molecule has 0 atom stereocenters. The van der Waals surface area contributed by atoms with E-state index in [0.29, 0.717) is 28.2 Å². The maximum atomic E-state index is 6.03. The van der Waals surface area contributed by atoms with Crippen molar-refractivity contribution < 1.29 is 0 Å². The molecule has 18 heavy (non-hydrogen) atoms. The molecule has 0 bridgehead atoms. The van der Waals surface area contributed by atoms with E-state index in [1.165, 1.54) is 0 Å². The van der Waals surface area contributed by atoms with Crippen molar-refractivity contribution in [2.24, 2.45) is 5.84 Å². The summed E-state index contributed by atoms with van der Waals surface area (Å²) in [4.78, 5) is 8.19. The second kappa shape index (κ2) is 5.86. The Kier molecular flexibility index (Phi) is 4.19. The predicted octanol–water partition coefficient (Wildman–Crippen LogP) is 2.68. The zero-order chi connectivity index (χ0) is 13.0. The number of hydrogen-bond donors (Lipinski definition) is 3. The molecule has 2 heterocycles. The van der Waals surface area contributed by atoms with Gasteiger partial charge >= 0.3 is 0 Å². The van der Waals surface area contributed by atoms with Gasteiger partial charge in [0.1, 0.15) is 5.82 Å². The van der Waals surface area contributed by atoms with Gasteiger partial charge in [0, 0.05) is 18.9 Å². The minimum absolute atomic E-state index is 0.370. The predicted molar refractivity (Wildman–Crippen MR) is 73.6 cm³/mol. The van der Waals surface area contributed by atoms with Crippen molar-refractivity contribution in [2.75, 3.05) is 10.7 Å². The second-order valence-corrected chi connectivity index (χ2v) is 4.32. The zero-order valence-electron chi connectivity index (χ0n) is 9.32. The van der Waals surface area contributed by atoms with Gasteiger partial charge in [0.25, 0.3) is 0 Å². The SMILES string of the molecule is NNc1nc(NCc2cccnc2)c(Cl)cc1Cl. The molecule has 0 aliphatic heterocycles. The van der Waals surface area contributed by atoms with E-state index in [9.17, 15) is 0 Å². The number of hydrazine groups is 1. The average Bonchev–Trinajstić information content (AvgIpc) is 2.39. The largest absolute Gasteiger partial charge is 0.365 e. The summed E-state index contributed by atoms with van der Waals surface area (Å²) >= 11 is 11.9. The number of aromatic nitrogens is 2. The Morgan fingerprint density at radius 2 is 2.00 bits per heavy atom. The van der Waals surface area contributed by atoms with E-state index in [-0.39, 0.29) is 0 Å². The van der Waals surface area contributed by atoms with Gasteiger partial charge in [-0.1, -0.05) is 29.3 Å². The topological polar surface area (TPSA) is 75.9 Å². The van der Waals surface area contributed by atoms with Crippen LogP contribution in [0.2, 0.25) is 10.0 Å². The second-order valence-electron chi connectivity index (χ2n) is 3.51. The molecule has 7 heteroatoms. The summed E-state index contributed by atoms with van der Waals surface area (Å²) in [6, 6.07) is 5.39. The maximum Gasteiger partial charge on any atom is 0.161 e. The van der Waals surface area contributed by atoms with E-state index in [1.807, 2.05) is 12.1 Å². The third kappa shape index (κ3) is 3.01.